The lowest BCUT2D eigenvalue weighted by Crippen LogP contribution is -2.42. The fourth-order valence-electron chi connectivity index (χ4n) is 6.52. The Morgan fingerprint density at radius 2 is 1.90 bits per heavy atom. The highest BCUT2D eigenvalue weighted by Crippen LogP contribution is 2.47. The topological polar surface area (TPSA) is 136 Å². The van der Waals surface area contributed by atoms with E-state index in [-0.39, 0.29) is 18.0 Å². The Morgan fingerprint density at radius 3 is 2.51 bits per heavy atom. The van der Waals surface area contributed by atoms with Crippen molar-refractivity contribution < 1.29 is 4.79 Å². The number of nitrogens with one attached hydrogen (secondary N) is 3. The number of likely N-dealkylation sites (tertiary alicyclic amines) is 1. The number of nitrogens with zero attached hydrogens (tertiary/aromatic N) is 4. The largest absolute Gasteiger partial charge is 0.399 e. The molecule has 212 valence electrons. The highest BCUT2D eigenvalue weighted by atomic mass is 16.1. The fourth-order valence-corrected chi connectivity index (χ4v) is 6.52. The van der Waals surface area contributed by atoms with Crippen molar-refractivity contribution in [1.82, 2.24) is 30.7 Å². The first-order chi connectivity index (χ1) is 19.8. The molecular weight excluding hydrogens is 512 g/mol. The average Bonchev–Trinajstić information content (AvgIpc) is 3.68. The van der Waals surface area contributed by atoms with Crippen LogP contribution in [0.1, 0.15) is 70.2 Å². The van der Waals surface area contributed by atoms with E-state index in [0.717, 1.165) is 71.6 Å². The minimum Gasteiger partial charge on any atom is -0.399 e. The van der Waals surface area contributed by atoms with Gasteiger partial charge in [0, 0.05) is 43.1 Å². The van der Waals surface area contributed by atoms with Crippen molar-refractivity contribution in [3.63, 3.8) is 0 Å². The summed E-state index contributed by atoms with van der Waals surface area (Å²) in [5, 5.41) is 24.8. The molecule has 9 heteroatoms. The molecule has 2 aliphatic rings. The van der Waals surface area contributed by atoms with Gasteiger partial charge in [-0.2, -0.15) is 5.26 Å². The fraction of sp³-hybridized carbons (Fsp3) is 0.375. The van der Waals surface area contributed by atoms with E-state index in [4.69, 9.17) is 5.73 Å². The number of aromatic nitrogens is 3. The summed E-state index contributed by atoms with van der Waals surface area (Å²) in [4.78, 5) is 18.0. The van der Waals surface area contributed by atoms with Crippen molar-refractivity contribution in [2.75, 3.05) is 20.1 Å². The molecule has 1 aliphatic carbocycles. The summed E-state index contributed by atoms with van der Waals surface area (Å²) in [6, 6.07) is 14.6. The molecule has 41 heavy (non-hydrogen) atoms. The van der Waals surface area contributed by atoms with Crippen LogP contribution in [0.5, 0.6) is 0 Å². The van der Waals surface area contributed by atoms with E-state index >= 15 is 0 Å². The van der Waals surface area contributed by atoms with Crippen LogP contribution < -0.4 is 16.4 Å². The maximum absolute atomic E-state index is 12.6. The number of hydrogen-bond acceptors (Lipinski definition) is 7. The number of carbonyl (C=O) groups is 1. The van der Waals surface area contributed by atoms with Gasteiger partial charge in [0.1, 0.15) is 18.2 Å². The van der Waals surface area contributed by atoms with Crippen molar-refractivity contribution in [3.8, 4) is 6.07 Å². The average molecular weight is 551 g/mol. The maximum Gasteiger partial charge on any atom is 0.251 e. The molecule has 0 spiro atoms. The lowest BCUT2D eigenvalue weighted by Gasteiger charge is -2.37. The molecule has 1 saturated heterocycles. The molecule has 3 atom stereocenters. The summed E-state index contributed by atoms with van der Waals surface area (Å²) < 4.78 is 0. The first kappa shape index (κ1) is 28.1. The van der Waals surface area contributed by atoms with Gasteiger partial charge in [0.25, 0.3) is 5.91 Å². The van der Waals surface area contributed by atoms with E-state index in [0.29, 0.717) is 24.2 Å². The molecule has 1 aliphatic heterocycles. The molecule has 0 radical (unpaired) electrons. The second-order valence-electron chi connectivity index (χ2n) is 11.1. The first-order valence-electron chi connectivity index (χ1n) is 14.2. The number of nitrogens with two attached hydrogens (primary N) is 1. The number of amides is 1. The maximum atomic E-state index is 12.6. The zero-order chi connectivity index (χ0) is 29.1. The summed E-state index contributed by atoms with van der Waals surface area (Å²) in [6.07, 6.45) is 5.70. The highest BCUT2D eigenvalue weighted by Gasteiger charge is 2.44. The van der Waals surface area contributed by atoms with Crippen LogP contribution in [0.4, 0.5) is 0 Å². The van der Waals surface area contributed by atoms with Crippen molar-refractivity contribution >= 4 is 11.6 Å². The van der Waals surface area contributed by atoms with Crippen LogP contribution in [0.15, 0.2) is 61.6 Å². The van der Waals surface area contributed by atoms with Crippen molar-refractivity contribution in [3.05, 3.63) is 101 Å². The normalized spacial score (nSPS) is 20.3. The molecule has 2 aromatic carbocycles. The van der Waals surface area contributed by atoms with Crippen molar-refractivity contribution in [1.29, 1.82) is 5.26 Å². The monoisotopic (exact) mass is 550 g/mol. The van der Waals surface area contributed by atoms with E-state index in [1.165, 1.54) is 0 Å². The van der Waals surface area contributed by atoms with Gasteiger partial charge in [0.2, 0.25) is 0 Å². The van der Waals surface area contributed by atoms with E-state index in [9.17, 15) is 10.1 Å². The van der Waals surface area contributed by atoms with E-state index < -0.39 is 5.41 Å². The summed E-state index contributed by atoms with van der Waals surface area (Å²) in [5.41, 5.74) is 12.9. The molecule has 5 rings (SSSR count). The van der Waals surface area contributed by atoms with Crippen LogP contribution in [0, 0.1) is 11.3 Å². The molecule has 1 amide bonds. The van der Waals surface area contributed by atoms with Crippen molar-refractivity contribution in [2.24, 2.45) is 5.73 Å². The van der Waals surface area contributed by atoms with Crippen LogP contribution >= 0.6 is 0 Å². The first-order valence-corrected chi connectivity index (χ1v) is 14.2. The Bertz CT molecular complexity index is 1500. The predicted octanol–water partition coefficient (Wildman–Crippen LogP) is 3.40. The highest BCUT2D eigenvalue weighted by molar-refractivity contribution is 5.94. The molecule has 5 N–H and O–H groups in total. The van der Waals surface area contributed by atoms with Gasteiger partial charge in [-0.3, -0.25) is 4.79 Å². The van der Waals surface area contributed by atoms with E-state index in [1.54, 1.807) is 13.4 Å². The number of aromatic amines is 1. The van der Waals surface area contributed by atoms with Gasteiger partial charge in [-0.05, 0) is 85.0 Å². The number of H-pyrrole nitrogens is 1. The van der Waals surface area contributed by atoms with Gasteiger partial charge in [0.05, 0.1) is 11.5 Å². The van der Waals surface area contributed by atoms with E-state index in [2.05, 4.69) is 75.1 Å². The number of aryl methyl sites for hydroxylation is 2. The number of nitriles is 1. The van der Waals surface area contributed by atoms with Crippen LogP contribution in [0.3, 0.4) is 0 Å². The predicted molar refractivity (Wildman–Crippen MR) is 160 cm³/mol. The number of carbonyl (C=O) groups excluding carboxylic acids is 1. The molecule has 2 heterocycles. The summed E-state index contributed by atoms with van der Waals surface area (Å²) in [7, 11) is 1.64. The Morgan fingerprint density at radius 1 is 1.22 bits per heavy atom. The zero-order valence-corrected chi connectivity index (χ0v) is 23.8. The standard InChI is InChI=1S/C32H38N8O/c1-20(36-18-21(2)40-13-5-6-27(40)17-33)16-32(31-37-19-38-39-31)28-11-9-23(22(3)34)14-24(28)7-8-25-15-26(30(41)35-4)10-12-29(25)32/h9-12,14-15,19-20,27,36H,2-3,5-8,13,16,18,34H2,1,4H3,(H,35,41)(H,37,38,39)/t20-,27?,32?/m1/s1. The lowest BCUT2D eigenvalue weighted by molar-refractivity contribution is 0.0963. The van der Waals surface area contributed by atoms with Crippen LogP contribution in [-0.2, 0) is 18.3 Å². The molecular formula is C32H38N8O. The second-order valence-corrected chi connectivity index (χ2v) is 11.1. The number of fused-ring (bicyclic) bond motifs is 2. The lowest BCUT2D eigenvalue weighted by atomic mass is 9.67. The third-order valence-corrected chi connectivity index (χ3v) is 8.55. The number of hydrogen-bond donors (Lipinski definition) is 4. The van der Waals surface area contributed by atoms with Gasteiger partial charge in [-0.25, -0.2) is 0 Å². The Labute approximate surface area is 241 Å². The molecule has 3 aromatic rings. The summed E-state index contributed by atoms with van der Waals surface area (Å²) in [5.74, 6) is 0.623. The minimum absolute atomic E-state index is 0.0292. The SMILES string of the molecule is C=C(N)c1ccc2c(c1)CCc1cc(C(=O)NC)ccc1C2(C[C@@H](C)NCC(=C)N1CCCC1C#N)c1nnc[nH]1. The van der Waals surface area contributed by atoms with Crippen molar-refractivity contribution in [2.45, 2.75) is 56.5 Å². The van der Waals surface area contributed by atoms with Crippen LogP contribution in [0.2, 0.25) is 0 Å². The minimum atomic E-state index is -0.677. The third-order valence-electron chi connectivity index (χ3n) is 8.55. The Hall–Kier alpha value is -4.42. The van der Waals surface area contributed by atoms with E-state index in [1.807, 2.05) is 18.2 Å². The molecule has 0 saturated carbocycles. The molecule has 2 unspecified atom stereocenters. The van der Waals surface area contributed by atoms with Gasteiger partial charge >= 0.3 is 0 Å². The number of benzene rings is 2. The molecule has 1 aromatic heterocycles. The van der Waals surface area contributed by atoms with Gasteiger partial charge in [0.15, 0.2) is 0 Å². The Kier molecular flexibility index (Phi) is 7.95. The zero-order valence-electron chi connectivity index (χ0n) is 23.8. The number of rotatable bonds is 9. The second kappa shape index (κ2) is 11.6. The molecule has 1 fully saturated rings. The van der Waals surface area contributed by atoms with Crippen LogP contribution in [0.25, 0.3) is 5.70 Å². The van der Waals surface area contributed by atoms with Gasteiger partial charge in [-0.15, -0.1) is 10.2 Å². The van der Waals surface area contributed by atoms with Gasteiger partial charge < -0.3 is 26.3 Å². The summed E-state index contributed by atoms with van der Waals surface area (Å²) in [6.45, 7) is 11.9. The quantitative estimate of drug-likeness (QED) is 0.321. The van der Waals surface area contributed by atoms with Crippen LogP contribution in [-0.4, -0.2) is 58.2 Å². The summed E-state index contributed by atoms with van der Waals surface area (Å²) >= 11 is 0. The Balaban J connectivity index is 1.59. The van der Waals surface area contributed by atoms with Gasteiger partial charge in [-0.1, -0.05) is 31.4 Å². The smallest absolute Gasteiger partial charge is 0.251 e. The molecule has 9 nitrogen and oxygen atoms in total. The molecule has 0 bridgehead atoms. The third kappa shape index (κ3) is 5.23.